The second-order valence-corrected chi connectivity index (χ2v) is 4.31. The first-order chi connectivity index (χ1) is 8.58. The number of amides is 1. The van der Waals surface area contributed by atoms with E-state index in [9.17, 15) is 14.7 Å². The van der Waals surface area contributed by atoms with E-state index in [4.69, 9.17) is 5.11 Å². The van der Waals surface area contributed by atoms with E-state index in [1.54, 1.807) is 4.90 Å². The van der Waals surface area contributed by atoms with E-state index in [2.05, 4.69) is 4.98 Å². The molecule has 0 atom stereocenters. The molecule has 0 unspecified atom stereocenters. The molecule has 2 N–H and O–H groups in total. The maximum Gasteiger partial charge on any atom is 0.305 e. The van der Waals surface area contributed by atoms with E-state index in [1.807, 2.05) is 0 Å². The van der Waals surface area contributed by atoms with Crippen molar-refractivity contribution in [1.29, 1.82) is 0 Å². The zero-order valence-corrected chi connectivity index (χ0v) is 9.74. The number of rotatable bonds is 5. The Hall–Kier alpha value is -2.11. The van der Waals surface area contributed by atoms with Gasteiger partial charge in [0.25, 0.3) is 5.91 Å². The lowest BCUT2D eigenvalue weighted by Crippen LogP contribution is -2.35. The Morgan fingerprint density at radius 2 is 2.11 bits per heavy atom. The minimum Gasteiger partial charge on any atom is -0.506 e. The van der Waals surface area contributed by atoms with Gasteiger partial charge in [-0.15, -0.1) is 0 Å². The minimum absolute atomic E-state index is 0.0742. The fourth-order valence-corrected chi connectivity index (χ4v) is 1.76. The van der Waals surface area contributed by atoms with Crippen molar-refractivity contribution >= 4 is 11.9 Å². The summed E-state index contributed by atoms with van der Waals surface area (Å²) in [5.74, 6) is -1.28. The fraction of sp³-hybridized carbons (Fsp3) is 0.417. The number of aromatic nitrogens is 1. The molecule has 6 heteroatoms. The topological polar surface area (TPSA) is 90.7 Å². The normalized spacial score (nSPS) is 14.2. The molecule has 18 heavy (non-hydrogen) atoms. The third-order valence-electron chi connectivity index (χ3n) is 2.79. The second kappa shape index (κ2) is 5.03. The van der Waals surface area contributed by atoms with E-state index >= 15 is 0 Å². The Balaban J connectivity index is 2.10. The molecule has 1 aliphatic carbocycles. The van der Waals surface area contributed by atoms with Crippen LogP contribution in [-0.4, -0.2) is 44.6 Å². The molecule has 96 valence electrons. The molecular formula is C12H14N2O4. The van der Waals surface area contributed by atoms with Crippen LogP contribution in [0.2, 0.25) is 0 Å². The monoisotopic (exact) mass is 250 g/mol. The van der Waals surface area contributed by atoms with Gasteiger partial charge in [-0.3, -0.25) is 14.6 Å². The van der Waals surface area contributed by atoms with E-state index in [-0.39, 0.29) is 36.2 Å². The van der Waals surface area contributed by atoms with Gasteiger partial charge in [-0.25, -0.2) is 0 Å². The molecule has 0 aromatic carbocycles. The number of aromatic hydroxyl groups is 1. The van der Waals surface area contributed by atoms with Crippen molar-refractivity contribution in [2.24, 2.45) is 0 Å². The van der Waals surface area contributed by atoms with E-state index in [1.165, 1.54) is 18.5 Å². The van der Waals surface area contributed by atoms with Crippen molar-refractivity contribution in [1.82, 2.24) is 9.88 Å². The maximum atomic E-state index is 12.2. The number of carboxylic acids is 1. The van der Waals surface area contributed by atoms with Gasteiger partial charge < -0.3 is 15.1 Å². The Labute approximate surface area is 104 Å². The number of nitrogens with zero attached hydrogens (tertiary/aromatic N) is 2. The predicted octanol–water partition coefficient (Wildman–Crippen LogP) is 0.867. The third kappa shape index (κ3) is 2.97. The highest BCUT2D eigenvalue weighted by atomic mass is 16.4. The molecule has 1 fully saturated rings. The number of hydrogen-bond donors (Lipinski definition) is 2. The molecule has 0 saturated heterocycles. The van der Waals surface area contributed by atoms with Crippen LogP contribution in [0.3, 0.4) is 0 Å². The highest BCUT2D eigenvalue weighted by molar-refractivity contribution is 5.94. The molecule has 1 aromatic heterocycles. The van der Waals surface area contributed by atoms with Crippen LogP contribution in [0.25, 0.3) is 0 Å². The number of carbonyl (C=O) groups is 2. The number of hydrogen-bond acceptors (Lipinski definition) is 4. The number of aliphatic carboxylic acids is 1. The molecule has 1 aliphatic rings. The van der Waals surface area contributed by atoms with Crippen LogP contribution in [0.15, 0.2) is 18.5 Å². The number of carboxylic acid groups (broad SMARTS) is 1. The van der Waals surface area contributed by atoms with Gasteiger partial charge in [-0.05, 0) is 18.9 Å². The highest BCUT2D eigenvalue weighted by Gasteiger charge is 2.33. The largest absolute Gasteiger partial charge is 0.506 e. The Bertz CT molecular complexity index is 471. The lowest BCUT2D eigenvalue weighted by Gasteiger charge is -2.21. The summed E-state index contributed by atoms with van der Waals surface area (Å²) in [6.45, 7) is 0.189. The first kappa shape index (κ1) is 12.3. The van der Waals surface area contributed by atoms with E-state index in [0.29, 0.717) is 0 Å². The van der Waals surface area contributed by atoms with Gasteiger partial charge in [0.2, 0.25) is 0 Å². The van der Waals surface area contributed by atoms with Crippen LogP contribution in [0.5, 0.6) is 5.75 Å². The van der Waals surface area contributed by atoms with Gasteiger partial charge in [0.15, 0.2) is 0 Å². The predicted molar refractivity (Wildman–Crippen MR) is 62.2 cm³/mol. The summed E-state index contributed by atoms with van der Waals surface area (Å²) in [6.07, 6.45) is 4.34. The van der Waals surface area contributed by atoms with Gasteiger partial charge in [-0.1, -0.05) is 0 Å². The van der Waals surface area contributed by atoms with Crippen LogP contribution >= 0.6 is 0 Å². The second-order valence-electron chi connectivity index (χ2n) is 4.31. The van der Waals surface area contributed by atoms with Crippen molar-refractivity contribution in [3.05, 3.63) is 24.0 Å². The lowest BCUT2D eigenvalue weighted by atomic mass is 10.2. The van der Waals surface area contributed by atoms with Gasteiger partial charge in [0.05, 0.1) is 18.2 Å². The molecule has 0 bridgehead atoms. The Morgan fingerprint density at radius 1 is 1.39 bits per heavy atom. The molecule has 0 aliphatic heterocycles. The first-order valence-electron chi connectivity index (χ1n) is 5.74. The number of carbonyl (C=O) groups excluding carboxylic acids is 1. The lowest BCUT2D eigenvalue weighted by molar-refractivity contribution is -0.137. The van der Waals surface area contributed by atoms with Gasteiger partial charge in [0.1, 0.15) is 5.75 Å². The molecule has 2 rings (SSSR count). The van der Waals surface area contributed by atoms with Crippen LogP contribution < -0.4 is 0 Å². The average Bonchev–Trinajstić information content (AvgIpc) is 3.13. The highest BCUT2D eigenvalue weighted by Crippen LogP contribution is 2.28. The summed E-state index contributed by atoms with van der Waals surface area (Å²) >= 11 is 0. The van der Waals surface area contributed by atoms with Crippen molar-refractivity contribution < 1.29 is 19.8 Å². The van der Waals surface area contributed by atoms with E-state index < -0.39 is 5.97 Å². The summed E-state index contributed by atoms with van der Waals surface area (Å²) in [4.78, 5) is 28.0. The van der Waals surface area contributed by atoms with Crippen LogP contribution in [0.4, 0.5) is 0 Å². The molecule has 6 nitrogen and oxygen atoms in total. The van der Waals surface area contributed by atoms with E-state index in [0.717, 1.165) is 12.8 Å². The molecule has 1 heterocycles. The third-order valence-corrected chi connectivity index (χ3v) is 2.79. The summed E-state index contributed by atoms with van der Waals surface area (Å²) in [6, 6.07) is 1.46. The Kier molecular flexibility index (Phi) is 3.45. The summed E-state index contributed by atoms with van der Waals surface area (Å²) in [5, 5.41) is 18.0. The maximum absolute atomic E-state index is 12.2. The van der Waals surface area contributed by atoms with Crippen molar-refractivity contribution in [2.45, 2.75) is 25.3 Å². The Morgan fingerprint density at radius 3 is 2.67 bits per heavy atom. The zero-order valence-electron chi connectivity index (χ0n) is 9.74. The SMILES string of the molecule is O=C(O)CCN(C(=O)c1cncc(O)c1)C1CC1. The summed E-state index contributed by atoms with van der Waals surface area (Å²) < 4.78 is 0. The van der Waals surface area contributed by atoms with Crippen molar-refractivity contribution in [2.75, 3.05) is 6.54 Å². The molecule has 0 spiro atoms. The molecule has 1 amide bonds. The fourth-order valence-electron chi connectivity index (χ4n) is 1.76. The molecule has 1 aromatic rings. The minimum atomic E-state index is -0.928. The molecule has 0 radical (unpaired) electrons. The van der Waals surface area contributed by atoms with Crippen LogP contribution in [0, 0.1) is 0 Å². The van der Waals surface area contributed by atoms with Crippen molar-refractivity contribution in [3.63, 3.8) is 0 Å². The zero-order chi connectivity index (χ0) is 13.1. The summed E-state index contributed by atoms with van der Waals surface area (Å²) in [7, 11) is 0. The molecular weight excluding hydrogens is 236 g/mol. The number of pyridine rings is 1. The quantitative estimate of drug-likeness (QED) is 0.809. The molecule has 1 saturated carbocycles. The first-order valence-corrected chi connectivity index (χ1v) is 5.74. The smallest absolute Gasteiger partial charge is 0.305 e. The van der Waals surface area contributed by atoms with Gasteiger partial charge in [-0.2, -0.15) is 0 Å². The van der Waals surface area contributed by atoms with Crippen molar-refractivity contribution in [3.8, 4) is 5.75 Å². The van der Waals surface area contributed by atoms with Crippen LogP contribution in [-0.2, 0) is 4.79 Å². The standard InChI is InChI=1S/C12H14N2O4/c15-10-5-8(6-13-7-10)12(18)14(9-1-2-9)4-3-11(16)17/h5-7,9,15H,1-4H2,(H,16,17). The van der Waals surface area contributed by atoms with Gasteiger partial charge in [0, 0.05) is 18.8 Å². The van der Waals surface area contributed by atoms with Crippen LogP contribution in [0.1, 0.15) is 29.6 Å². The van der Waals surface area contributed by atoms with Gasteiger partial charge >= 0.3 is 5.97 Å². The summed E-state index contributed by atoms with van der Waals surface area (Å²) in [5.41, 5.74) is 0.285. The average molecular weight is 250 g/mol.